The number of rotatable bonds is 3. The molecule has 0 aliphatic carbocycles. The predicted octanol–water partition coefficient (Wildman–Crippen LogP) is 13.4. The summed E-state index contributed by atoms with van der Waals surface area (Å²) in [5, 5.41) is 12.5. The van der Waals surface area contributed by atoms with Crippen LogP contribution in [0.3, 0.4) is 0 Å². The Hall–Kier alpha value is -7.30. The third-order valence-corrected chi connectivity index (χ3v) is 11.2. The lowest BCUT2D eigenvalue weighted by Crippen LogP contribution is -2.04. The number of hydrogen-bond acceptors (Lipinski definition) is 3. The molecule has 0 radical (unpaired) electrons. The lowest BCUT2D eigenvalue weighted by Gasteiger charge is -2.14. The fourth-order valence-electron chi connectivity index (χ4n) is 8.79. The maximum Gasteiger partial charge on any atom is 0.235 e. The van der Waals surface area contributed by atoms with Gasteiger partial charge < -0.3 is 4.42 Å². The van der Waals surface area contributed by atoms with Crippen LogP contribution in [0.2, 0.25) is 0 Å². The van der Waals surface area contributed by atoms with Gasteiger partial charge in [0, 0.05) is 37.9 Å². The number of hydrogen-bond donors (Lipinski definition) is 0. The van der Waals surface area contributed by atoms with Crippen LogP contribution in [-0.2, 0) is 0 Å². The predicted molar refractivity (Wildman–Crippen MR) is 225 cm³/mol. The van der Waals surface area contributed by atoms with Crippen LogP contribution in [0.5, 0.6) is 0 Å². The van der Waals surface area contributed by atoms with Gasteiger partial charge in [0.05, 0.1) is 16.7 Å². The number of para-hydroxylation sites is 2. The first-order valence-electron chi connectivity index (χ1n) is 18.3. The van der Waals surface area contributed by atoms with E-state index in [1.807, 2.05) is 6.07 Å². The number of benzene rings is 9. The van der Waals surface area contributed by atoms with Crippen LogP contribution in [0, 0.1) is 0 Å². The largest absolute Gasteiger partial charge is 0.454 e. The average molecular weight is 688 g/mol. The minimum atomic E-state index is 0.607. The molecule has 0 saturated heterocycles. The Bertz CT molecular complexity index is 3490. The number of furan rings is 1. The Morgan fingerprint density at radius 1 is 0.407 bits per heavy atom. The van der Waals surface area contributed by atoms with E-state index in [9.17, 15) is 0 Å². The molecule has 4 heteroatoms. The lowest BCUT2D eigenvalue weighted by molar-refractivity contribution is 0.671. The van der Waals surface area contributed by atoms with Gasteiger partial charge in [0.25, 0.3) is 0 Å². The molecule has 3 aromatic heterocycles. The topological polar surface area (TPSA) is 43.9 Å². The second-order valence-electron chi connectivity index (χ2n) is 14.1. The van der Waals surface area contributed by atoms with Crippen molar-refractivity contribution in [2.75, 3.05) is 0 Å². The van der Waals surface area contributed by atoms with Crippen molar-refractivity contribution in [2.24, 2.45) is 0 Å². The Kier molecular flexibility index (Phi) is 6.02. The van der Waals surface area contributed by atoms with Crippen molar-refractivity contribution in [3.05, 3.63) is 176 Å². The maximum absolute atomic E-state index is 6.85. The first-order chi connectivity index (χ1) is 26.8. The average Bonchev–Trinajstić information content (AvgIpc) is 3.80. The van der Waals surface area contributed by atoms with Crippen molar-refractivity contribution < 1.29 is 4.42 Å². The molecule has 0 aliphatic rings. The number of fused-ring (bicyclic) bond motifs is 14. The van der Waals surface area contributed by atoms with E-state index in [2.05, 4.69) is 174 Å². The van der Waals surface area contributed by atoms with Crippen molar-refractivity contribution in [1.29, 1.82) is 0 Å². The Morgan fingerprint density at radius 2 is 1.02 bits per heavy atom. The highest BCUT2D eigenvalue weighted by Crippen LogP contribution is 2.46. The summed E-state index contributed by atoms with van der Waals surface area (Å²) in [6, 6.07) is 62.4. The molecule has 0 atom stereocenters. The molecule has 12 aromatic rings. The summed E-state index contributed by atoms with van der Waals surface area (Å²) < 4.78 is 9.08. The molecule has 0 unspecified atom stereocenters. The number of aromatic nitrogens is 3. The zero-order valence-electron chi connectivity index (χ0n) is 29.0. The van der Waals surface area contributed by atoms with Crippen LogP contribution >= 0.6 is 0 Å². The smallest absolute Gasteiger partial charge is 0.235 e. The summed E-state index contributed by atoms with van der Waals surface area (Å²) in [5.74, 6) is 0.607. The zero-order chi connectivity index (χ0) is 35.3. The maximum atomic E-state index is 6.85. The lowest BCUT2D eigenvalue weighted by atomic mass is 9.96. The molecule has 250 valence electrons. The quantitative estimate of drug-likeness (QED) is 0.174. The van der Waals surface area contributed by atoms with Crippen LogP contribution in [0.25, 0.3) is 115 Å². The van der Waals surface area contributed by atoms with Gasteiger partial charge >= 0.3 is 0 Å². The van der Waals surface area contributed by atoms with Gasteiger partial charge in [-0.2, -0.15) is 0 Å². The molecule has 0 saturated carbocycles. The van der Waals surface area contributed by atoms with E-state index in [4.69, 9.17) is 14.4 Å². The second-order valence-corrected chi connectivity index (χ2v) is 14.1. The van der Waals surface area contributed by atoms with E-state index < -0.39 is 0 Å². The van der Waals surface area contributed by atoms with Crippen LogP contribution in [0.15, 0.2) is 180 Å². The Morgan fingerprint density at radius 3 is 1.83 bits per heavy atom. The van der Waals surface area contributed by atoms with E-state index in [-0.39, 0.29) is 0 Å². The third kappa shape index (κ3) is 4.08. The van der Waals surface area contributed by atoms with Gasteiger partial charge in [-0.25, -0.2) is 9.97 Å². The Labute approximate surface area is 309 Å². The highest BCUT2D eigenvalue weighted by atomic mass is 16.3. The fraction of sp³-hybridized carbons (Fsp3) is 0. The molecule has 9 aromatic carbocycles. The van der Waals surface area contributed by atoms with Crippen LogP contribution in [0.4, 0.5) is 0 Å². The van der Waals surface area contributed by atoms with Crippen LogP contribution in [-0.4, -0.2) is 14.5 Å². The molecule has 0 N–H and O–H groups in total. The molecule has 0 spiro atoms. The van der Waals surface area contributed by atoms with Gasteiger partial charge in [-0.3, -0.25) is 4.57 Å². The zero-order valence-corrected chi connectivity index (χ0v) is 29.0. The van der Waals surface area contributed by atoms with E-state index in [0.717, 1.165) is 76.7 Å². The highest BCUT2D eigenvalue weighted by molar-refractivity contribution is 6.35. The van der Waals surface area contributed by atoms with E-state index in [0.29, 0.717) is 5.95 Å². The molecule has 0 aliphatic heterocycles. The summed E-state index contributed by atoms with van der Waals surface area (Å²) in [4.78, 5) is 11.0. The molecule has 0 fully saturated rings. The van der Waals surface area contributed by atoms with E-state index in [1.165, 1.54) is 32.7 Å². The van der Waals surface area contributed by atoms with Gasteiger partial charge in [0.2, 0.25) is 5.95 Å². The Balaban J connectivity index is 1.20. The molecule has 4 nitrogen and oxygen atoms in total. The normalized spacial score (nSPS) is 12.1. The molecule has 0 amide bonds. The molecule has 12 rings (SSSR count). The van der Waals surface area contributed by atoms with Crippen LogP contribution < -0.4 is 0 Å². The van der Waals surface area contributed by atoms with Gasteiger partial charge in [-0.05, 0) is 56.3 Å². The highest BCUT2D eigenvalue weighted by Gasteiger charge is 2.25. The van der Waals surface area contributed by atoms with Gasteiger partial charge in [0.1, 0.15) is 11.1 Å². The van der Waals surface area contributed by atoms with Crippen molar-refractivity contribution >= 4 is 87.0 Å². The van der Waals surface area contributed by atoms with Crippen molar-refractivity contribution in [1.82, 2.24) is 14.5 Å². The fourth-order valence-corrected chi connectivity index (χ4v) is 8.79. The monoisotopic (exact) mass is 687 g/mol. The standard InChI is InChI=1S/C50H29N3O/c1-3-15-34-30(12-1)14-11-21-35(34)32-24-26-33(27-25-32)46-41-29-28-31-13-2-4-16-36(31)47(41)52-50(51-46)53-42-22-9-7-19-39(42)44-37-17-5-6-18-38(37)45-40-20-8-10-23-43(40)54-49(45)48(44)53/h1-29H. The summed E-state index contributed by atoms with van der Waals surface area (Å²) >= 11 is 0. The molecular formula is C50H29N3O. The van der Waals surface area contributed by atoms with Gasteiger partial charge in [-0.15, -0.1) is 0 Å². The summed E-state index contributed by atoms with van der Waals surface area (Å²) in [5.41, 5.74) is 8.91. The van der Waals surface area contributed by atoms with Gasteiger partial charge in [-0.1, -0.05) is 158 Å². The molecule has 3 heterocycles. The summed E-state index contributed by atoms with van der Waals surface area (Å²) in [6.07, 6.45) is 0. The third-order valence-electron chi connectivity index (χ3n) is 11.2. The van der Waals surface area contributed by atoms with Crippen molar-refractivity contribution in [3.8, 4) is 28.3 Å². The van der Waals surface area contributed by atoms with E-state index in [1.54, 1.807) is 0 Å². The first kappa shape index (κ1) is 29.3. The first-order valence-corrected chi connectivity index (χ1v) is 18.3. The van der Waals surface area contributed by atoms with Gasteiger partial charge in [0.15, 0.2) is 5.58 Å². The summed E-state index contributed by atoms with van der Waals surface area (Å²) in [7, 11) is 0. The SMILES string of the molecule is c1ccc2c(-c3ccc(-c4nc(-n5c6ccccc6c6c7ccccc7c7c8ccccc8oc7c65)nc5c4ccc4ccccc45)cc3)cccc2c1. The summed E-state index contributed by atoms with van der Waals surface area (Å²) in [6.45, 7) is 0. The number of nitrogens with zero attached hydrogens (tertiary/aromatic N) is 3. The second kappa shape index (κ2) is 11.1. The van der Waals surface area contributed by atoms with E-state index >= 15 is 0 Å². The minimum Gasteiger partial charge on any atom is -0.454 e. The molecule has 0 bridgehead atoms. The van der Waals surface area contributed by atoms with Crippen molar-refractivity contribution in [2.45, 2.75) is 0 Å². The van der Waals surface area contributed by atoms with Crippen LogP contribution in [0.1, 0.15) is 0 Å². The van der Waals surface area contributed by atoms with Crippen molar-refractivity contribution in [3.63, 3.8) is 0 Å². The molecular weight excluding hydrogens is 659 g/mol. The minimum absolute atomic E-state index is 0.607. The molecule has 54 heavy (non-hydrogen) atoms.